The van der Waals surface area contributed by atoms with Gasteiger partial charge in [0, 0.05) is 5.41 Å². The summed E-state index contributed by atoms with van der Waals surface area (Å²) in [6, 6.07) is 6.73. The molecule has 1 fully saturated rings. The van der Waals surface area contributed by atoms with E-state index < -0.39 is 0 Å². The molecule has 2 aliphatic carbocycles. The van der Waals surface area contributed by atoms with Crippen LogP contribution in [0.25, 0.3) is 6.08 Å². The lowest BCUT2D eigenvalue weighted by Gasteiger charge is -2.29. The molecule has 0 bridgehead atoms. The fourth-order valence-electron chi connectivity index (χ4n) is 3.66. The van der Waals surface area contributed by atoms with Crippen molar-refractivity contribution < 1.29 is 0 Å². The Morgan fingerprint density at radius 1 is 1.07 bits per heavy atom. The molecule has 0 unspecified atom stereocenters. The van der Waals surface area contributed by atoms with E-state index in [4.69, 9.17) is 0 Å². The maximum absolute atomic E-state index is 2.41. The first kappa shape index (κ1) is 9.21. The molecule has 0 nitrogen and oxygen atoms in total. The average molecular weight is 198 g/mol. The Labute approximate surface area is 92.0 Å². The van der Waals surface area contributed by atoms with Gasteiger partial charge in [0.2, 0.25) is 0 Å². The van der Waals surface area contributed by atoms with Crippen molar-refractivity contribution in [1.82, 2.24) is 0 Å². The number of aryl methyl sites for hydroxylation is 1. The van der Waals surface area contributed by atoms with Crippen molar-refractivity contribution in [3.63, 3.8) is 0 Å². The van der Waals surface area contributed by atoms with Crippen LogP contribution in [0, 0.1) is 6.92 Å². The van der Waals surface area contributed by atoms with Crippen LogP contribution in [0.5, 0.6) is 0 Å². The summed E-state index contributed by atoms with van der Waals surface area (Å²) in [6.45, 7) is 4.59. The summed E-state index contributed by atoms with van der Waals surface area (Å²) >= 11 is 0. The lowest BCUT2D eigenvalue weighted by atomic mass is 9.75. The van der Waals surface area contributed by atoms with E-state index in [1.54, 1.807) is 11.1 Å². The molecular weight excluding hydrogens is 180 g/mol. The standard InChI is InChI=1S/C15H18/c1-11-6-5-7-13-10-12(2)15(14(11)13)8-3-4-9-15/h5-7,10H,3-4,8-9H2,1-2H3. The van der Waals surface area contributed by atoms with Crippen LogP contribution in [0.3, 0.4) is 0 Å². The van der Waals surface area contributed by atoms with Crippen molar-refractivity contribution in [3.8, 4) is 0 Å². The van der Waals surface area contributed by atoms with Gasteiger partial charge in [-0.2, -0.15) is 0 Å². The van der Waals surface area contributed by atoms with Gasteiger partial charge in [0.25, 0.3) is 0 Å². The van der Waals surface area contributed by atoms with Gasteiger partial charge in [0.1, 0.15) is 0 Å². The lowest BCUT2D eigenvalue weighted by Crippen LogP contribution is -2.21. The summed E-state index contributed by atoms with van der Waals surface area (Å²) in [5, 5.41) is 0. The van der Waals surface area contributed by atoms with Crippen LogP contribution in [-0.4, -0.2) is 0 Å². The molecule has 0 saturated heterocycles. The monoisotopic (exact) mass is 198 g/mol. The smallest absolute Gasteiger partial charge is 0.0171 e. The molecule has 0 radical (unpaired) electrons. The zero-order valence-electron chi connectivity index (χ0n) is 9.64. The van der Waals surface area contributed by atoms with Gasteiger partial charge in [-0.05, 0) is 43.4 Å². The van der Waals surface area contributed by atoms with Crippen molar-refractivity contribution in [2.75, 3.05) is 0 Å². The molecule has 0 aliphatic heterocycles. The molecule has 0 heteroatoms. The van der Waals surface area contributed by atoms with Crippen LogP contribution in [0.1, 0.15) is 49.3 Å². The minimum atomic E-state index is 0.431. The highest BCUT2D eigenvalue weighted by atomic mass is 14.5. The van der Waals surface area contributed by atoms with Crippen molar-refractivity contribution in [3.05, 3.63) is 40.5 Å². The number of fused-ring (bicyclic) bond motifs is 2. The lowest BCUT2D eigenvalue weighted by molar-refractivity contribution is 0.531. The highest BCUT2D eigenvalue weighted by Gasteiger charge is 2.42. The third-order valence-corrected chi connectivity index (χ3v) is 4.37. The molecule has 1 aromatic carbocycles. The zero-order valence-corrected chi connectivity index (χ0v) is 9.64. The van der Waals surface area contributed by atoms with E-state index in [2.05, 4.69) is 38.1 Å². The van der Waals surface area contributed by atoms with Gasteiger partial charge < -0.3 is 0 Å². The molecule has 1 spiro atoms. The van der Waals surface area contributed by atoms with Crippen LogP contribution < -0.4 is 0 Å². The Morgan fingerprint density at radius 2 is 1.80 bits per heavy atom. The second-order valence-electron chi connectivity index (χ2n) is 5.16. The number of rotatable bonds is 0. The quantitative estimate of drug-likeness (QED) is 0.585. The average Bonchev–Trinajstić information content (AvgIpc) is 2.77. The fourth-order valence-corrected chi connectivity index (χ4v) is 3.66. The maximum Gasteiger partial charge on any atom is 0.0171 e. The fraction of sp³-hybridized carbons (Fsp3) is 0.467. The van der Waals surface area contributed by atoms with Gasteiger partial charge in [-0.15, -0.1) is 0 Å². The summed E-state index contributed by atoms with van der Waals surface area (Å²) < 4.78 is 0. The van der Waals surface area contributed by atoms with Crippen molar-refractivity contribution in [1.29, 1.82) is 0 Å². The highest BCUT2D eigenvalue weighted by Crippen LogP contribution is 2.53. The molecule has 0 N–H and O–H groups in total. The summed E-state index contributed by atoms with van der Waals surface area (Å²) in [6.07, 6.45) is 7.95. The van der Waals surface area contributed by atoms with Crippen molar-refractivity contribution in [2.45, 2.75) is 44.9 Å². The maximum atomic E-state index is 2.41. The van der Waals surface area contributed by atoms with E-state index in [-0.39, 0.29) is 0 Å². The van der Waals surface area contributed by atoms with E-state index in [1.165, 1.54) is 36.8 Å². The van der Waals surface area contributed by atoms with Crippen molar-refractivity contribution in [2.24, 2.45) is 0 Å². The molecular formula is C15H18. The van der Waals surface area contributed by atoms with Crippen molar-refractivity contribution >= 4 is 6.08 Å². The van der Waals surface area contributed by atoms with Gasteiger partial charge in [-0.1, -0.05) is 42.7 Å². The number of hydrogen-bond donors (Lipinski definition) is 0. The molecule has 0 amide bonds. The minimum Gasteiger partial charge on any atom is -0.0621 e. The van der Waals surface area contributed by atoms with Crippen LogP contribution in [0.2, 0.25) is 0 Å². The van der Waals surface area contributed by atoms with Gasteiger partial charge in [-0.25, -0.2) is 0 Å². The van der Waals surface area contributed by atoms with E-state index in [0.717, 1.165) is 0 Å². The van der Waals surface area contributed by atoms with Crippen LogP contribution in [0.15, 0.2) is 23.8 Å². The summed E-state index contributed by atoms with van der Waals surface area (Å²) in [5.41, 5.74) is 6.64. The van der Waals surface area contributed by atoms with E-state index in [9.17, 15) is 0 Å². The molecule has 2 aliphatic rings. The zero-order chi connectivity index (χ0) is 10.5. The summed E-state index contributed by atoms with van der Waals surface area (Å²) in [4.78, 5) is 0. The number of benzene rings is 1. The van der Waals surface area contributed by atoms with Gasteiger partial charge in [-0.3, -0.25) is 0 Å². The molecule has 0 aromatic heterocycles. The Hall–Kier alpha value is -1.04. The second kappa shape index (κ2) is 2.98. The highest BCUT2D eigenvalue weighted by molar-refractivity contribution is 5.70. The third kappa shape index (κ3) is 1.08. The molecule has 78 valence electrons. The second-order valence-corrected chi connectivity index (χ2v) is 5.16. The predicted molar refractivity (Wildman–Crippen MR) is 65.0 cm³/mol. The normalized spacial score (nSPS) is 21.9. The van der Waals surface area contributed by atoms with Crippen LogP contribution in [-0.2, 0) is 5.41 Å². The molecule has 3 rings (SSSR count). The largest absolute Gasteiger partial charge is 0.0621 e. The number of hydrogen-bond acceptors (Lipinski definition) is 0. The van der Waals surface area contributed by atoms with E-state index >= 15 is 0 Å². The first-order valence-corrected chi connectivity index (χ1v) is 6.03. The first-order valence-electron chi connectivity index (χ1n) is 6.03. The Morgan fingerprint density at radius 3 is 2.53 bits per heavy atom. The van der Waals surface area contributed by atoms with Crippen LogP contribution in [0.4, 0.5) is 0 Å². The summed E-state index contributed by atoms with van der Waals surface area (Å²) in [7, 11) is 0. The van der Waals surface area contributed by atoms with Gasteiger partial charge in [0.15, 0.2) is 0 Å². The molecule has 15 heavy (non-hydrogen) atoms. The van der Waals surface area contributed by atoms with Gasteiger partial charge >= 0.3 is 0 Å². The number of allylic oxidation sites excluding steroid dienone is 1. The minimum absolute atomic E-state index is 0.431. The topological polar surface area (TPSA) is 0 Å². The predicted octanol–water partition coefficient (Wildman–Crippen LogP) is 4.22. The third-order valence-electron chi connectivity index (χ3n) is 4.37. The first-order chi connectivity index (χ1) is 7.24. The van der Waals surface area contributed by atoms with E-state index in [0.29, 0.717) is 5.41 Å². The Kier molecular flexibility index (Phi) is 1.83. The Bertz CT molecular complexity index is 431. The van der Waals surface area contributed by atoms with Crippen LogP contribution >= 0.6 is 0 Å². The van der Waals surface area contributed by atoms with E-state index in [1.807, 2.05) is 0 Å². The molecule has 1 aromatic rings. The molecule has 0 heterocycles. The SMILES string of the molecule is CC1=Cc2cccc(C)c2C12CCCC2. The molecule has 0 atom stereocenters. The summed E-state index contributed by atoms with van der Waals surface area (Å²) in [5.74, 6) is 0. The molecule has 1 saturated carbocycles. The Balaban J connectivity index is 2.25. The van der Waals surface area contributed by atoms with Gasteiger partial charge in [0.05, 0.1) is 0 Å².